The molecule has 1 heterocycles. The van der Waals surface area contributed by atoms with Gasteiger partial charge in [-0.1, -0.05) is 26.2 Å². The van der Waals surface area contributed by atoms with Crippen LogP contribution in [0.25, 0.3) is 0 Å². The van der Waals surface area contributed by atoms with E-state index >= 15 is 0 Å². The molecule has 1 saturated carbocycles. The first-order valence-corrected chi connectivity index (χ1v) is 7.01. The van der Waals surface area contributed by atoms with Crippen LogP contribution in [0.3, 0.4) is 0 Å². The van der Waals surface area contributed by atoms with Crippen LogP contribution in [0.1, 0.15) is 55.1 Å². The molecule has 0 atom stereocenters. The maximum atomic E-state index is 12.1. The van der Waals surface area contributed by atoms with E-state index < -0.39 is 0 Å². The predicted octanol–water partition coefficient (Wildman–Crippen LogP) is 2.67. The normalized spacial score (nSPS) is 18.0. The standard InChI is InChI=1S/C15H23N3O/c1-11-8-12(9-13(16)18-11)14(19)17-10-15(2)6-4-3-5-7-15/h8-9H,3-7,10H2,1-2H3,(H2,16,18)(H,17,19). The number of amides is 1. The number of aromatic nitrogens is 1. The summed E-state index contributed by atoms with van der Waals surface area (Å²) in [4.78, 5) is 16.2. The molecule has 19 heavy (non-hydrogen) atoms. The van der Waals surface area contributed by atoms with E-state index in [1.807, 2.05) is 6.92 Å². The van der Waals surface area contributed by atoms with Crippen LogP contribution in [-0.2, 0) is 0 Å². The first-order chi connectivity index (χ1) is 8.98. The highest BCUT2D eigenvalue weighted by atomic mass is 16.1. The Labute approximate surface area is 114 Å². The molecule has 1 aromatic rings. The van der Waals surface area contributed by atoms with Gasteiger partial charge in [-0.2, -0.15) is 0 Å². The number of hydrogen-bond donors (Lipinski definition) is 2. The molecule has 104 valence electrons. The lowest BCUT2D eigenvalue weighted by molar-refractivity contribution is 0.0919. The Morgan fingerprint density at radius 1 is 1.37 bits per heavy atom. The minimum atomic E-state index is -0.0519. The Bertz CT molecular complexity index is 444. The Balaban J connectivity index is 1.97. The Morgan fingerprint density at radius 2 is 2.05 bits per heavy atom. The third kappa shape index (κ3) is 3.69. The zero-order chi connectivity index (χ0) is 13.9. The van der Waals surface area contributed by atoms with Gasteiger partial charge >= 0.3 is 0 Å². The van der Waals surface area contributed by atoms with Gasteiger partial charge in [-0.25, -0.2) is 4.98 Å². The summed E-state index contributed by atoms with van der Waals surface area (Å²) in [6.07, 6.45) is 6.26. The molecule has 0 aromatic carbocycles. The maximum absolute atomic E-state index is 12.1. The average Bonchev–Trinajstić information content (AvgIpc) is 2.36. The summed E-state index contributed by atoms with van der Waals surface area (Å²) in [5.74, 6) is 0.345. The predicted molar refractivity (Wildman–Crippen MR) is 76.9 cm³/mol. The number of hydrogen-bond acceptors (Lipinski definition) is 3. The van der Waals surface area contributed by atoms with Crippen molar-refractivity contribution >= 4 is 11.7 Å². The van der Waals surface area contributed by atoms with Gasteiger partial charge in [0.15, 0.2) is 0 Å². The second kappa shape index (κ2) is 5.59. The third-order valence-corrected chi connectivity index (χ3v) is 3.97. The number of nitrogen functional groups attached to an aromatic ring is 1. The van der Waals surface area contributed by atoms with Gasteiger partial charge in [0, 0.05) is 17.8 Å². The van der Waals surface area contributed by atoms with Crippen LogP contribution in [0.5, 0.6) is 0 Å². The topological polar surface area (TPSA) is 68.0 Å². The lowest BCUT2D eigenvalue weighted by atomic mass is 9.76. The van der Waals surface area contributed by atoms with Crippen LogP contribution in [-0.4, -0.2) is 17.4 Å². The van der Waals surface area contributed by atoms with Crippen LogP contribution in [0.2, 0.25) is 0 Å². The zero-order valence-corrected chi connectivity index (χ0v) is 11.8. The maximum Gasteiger partial charge on any atom is 0.251 e. The van der Waals surface area contributed by atoms with Crippen molar-refractivity contribution in [3.63, 3.8) is 0 Å². The smallest absolute Gasteiger partial charge is 0.251 e. The summed E-state index contributed by atoms with van der Waals surface area (Å²) in [5.41, 5.74) is 7.30. The van der Waals surface area contributed by atoms with Crippen molar-refractivity contribution < 1.29 is 4.79 Å². The molecule has 0 radical (unpaired) electrons. The number of rotatable bonds is 3. The van der Waals surface area contributed by atoms with E-state index in [0.29, 0.717) is 11.4 Å². The van der Waals surface area contributed by atoms with E-state index in [1.165, 1.54) is 32.1 Å². The molecule has 1 aromatic heterocycles. The number of nitrogens with two attached hydrogens (primary N) is 1. The lowest BCUT2D eigenvalue weighted by Gasteiger charge is -2.33. The highest BCUT2D eigenvalue weighted by Crippen LogP contribution is 2.34. The Hall–Kier alpha value is -1.58. The molecular weight excluding hydrogens is 238 g/mol. The highest BCUT2D eigenvalue weighted by molar-refractivity contribution is 5.94. The number of nitrogens with one attached hydrogen (secondary N) is 1. The molecule has 0 spiro atoms. The van der Waals surface area contributed by atoms with E-state index in [2.05, 4.69) is 17.2 Å². The van der Waals surface area contributed by atoms with Crippen LogP contribution >= 0.6 is 0 Å². The molecule has 4 nitrogen and oxygen atoms in total. The number of aryl methyl sites for hydroxylation is 1. The summed E-state index contributed by atoms with van der Waals surface area (Å²) < 4.78 is 0. The van der Waals surface area contributed by atoms with E-state index in [-0.39, 0.29) is 11.3 Å². The van der Waals surface area contributed by atoms with Gasteiger partial charge in [0.1, 0.15) is 5.82 Å². The summed E-state index contributed by atoms with van der Waals surface area (Å²) in [7, 11) is 0. The average molecular weight is 261 g/mol. The molecule has 0 bridgehead atoms. The van der Waals surface area contributed by atoms with Crippen molar-refractivity contribution in [3.05, 3.63) is 23.4 Å². The van der Waals surface area contributed by atoms with Crippen molar-refractivity contribution in [2.75, 3.05) is 12.3 Å². The highest BCUT2D eigenvalue weighted by Gasteiger charge is 2.27. The van der Waals surface area contributed by atoms with E-state index in [1.54, 1.807) is 12.1 Å². The first kappa shape index (κ1) is 13.8. The van der Waals surface area contributed by atoms with Gasteiger partial charge in [-0.3, -0.25) is 4.79 Å². The minimum Gasteiger partial charge on any atom is -0.384 e. The largest absolute Gasteiger partial charge is 0.384 e. The molecule has 1 amide bonds. The second-order valence-electron chi connectivity index (χ2n) is 5.98. The van der Waals surface area contributed by atoms with Crippen LogP contribution in [0, 0.1) is 12.3 Å². The van der Waals surface area contributed by atoms with Gasteiger partial charge in [0.25, 0.3) is 5.91 Å². The van der Waals surface area contributed by atoms with Gasteiger partial charge in [-0.15, -0.1) is 0 Å². The van der Waals surface area contributed by atoms with E-state index in [0.717, 1.165) is 12.2 Å². The van der Waals surface area contributed by atoms with E-state index in [9.17, 15) is 4.79 Å². The molecule has 1 aliphatic rings. The van der Waals surface area contributed by atoms with Crippen molar-refractivity contribution in [2.24, 2.45) is 5.41 Å². The summed E-state index contributed by atoms with van der Waals surface area (Å²) >= 11 is 0. The molecule has 2 rings (SSSR count). The van der Waals surface area contributed by atoms with Crippen molar-refractivity contribution in [2.45, 2.75) is 46.0 Å². The molecule has 0 unspecified atom stereocenters. The van der Waals surface area contributed by atoms with Gasteiger partial charge in [0.2, 0.25) is 0 Å². The summed E-state index contributed by atoms with van der Waals surface area (Å²) in [5, 5.41) is 3.04. The van der Waals surface area contributed by atoms with E-state index in [4.69, 9.17) is 5.73 Å². The number of carbonyl (C=O) groups excluding carboxylic acids is 1. The second-order valence-corrected chi connectivity index (χ2v) is 5.98. The fourth-order valence-electron chi connectivity index (χ4n) is 2.80. The fraction of sp³-hybridized carbons (Fsp3) is 0.600. The number of anilines is 1. The number of pyridine rings is 1. The molecule has 1 aliphatic carbocycles. The van der Waals surface area contributed by atoms with Crippen LogP contribution in [0.15, 0.2) is 12.1 Å². The lowest BCUT2D eigenvalue weighted by Crippen LogP contribution is -2.37. The Morgan fingerprint density at radius 3 is 2.68 bits per heavy atom. The quantitative estimate of drug-likeness (QED) is 0.879. The van der Waals surface area contributed by atoms with Crippen molar-refractivity contribution in [1.82, 2.24) is 10.3 Å². The fourth-order valence-corrected chi connectivity index (χ4v) is 2.80. The molecule has 0 saturated heterocycles. The molecule has 0 aliphatic heterocycles. The number of carbonyl (C=O) groups is 1. The van der Waals surface area contributed by atoms with Gasteiger partial charge in [0.05, 0.1) is 0 Å². The summed E-state index contributed by atoms with van der Waals surface area (Å²) in [6.45, 7) is 4.85. The monoisotopic (exact) mass is 261 g/mol. The third-order valence-electron chi connectivity index (χ3n) is 3.97. The molecule has 1 fully saturated rings. The minimum absolute atomic E-state index is 0.0519. The Kier molecular flexibility index (Phi) is 4.08. The molecule has 4 heteroatoms. The SMILES string of the molecule is Cc1cc(C(=O)NCC2(C)CCCCC2)cc(N)n1. The zero-order valence-electron chi connectivity index (χ0n) is 11.8. The van der Waals surface area contributed by atoms with Crippen LogP contribution in [0.4, 0.5) is 5.82 Å². The summed E-state index contributed by atoms with van der Waals surface area (Å²) in [6, 6.07) is 3.40. The number of nitrogens with zero attached hydrogens (tertiary/aromatic N) is 1. The molecule has 3 N–H and O–H groups in total. The molecular formula is C15H23N3O. The van der Waals surface area contributed by atoms with Crippen LogP contribution < -0.4 is 11.1 Å². The van der Waals surface area contributed by atoms with Crippen molar-refractivity contribution in [3.8, 4) is 0 Å². The van der Waals surface area contributed by atoms with Gasteiger partial charge < -0.3 is 11.1 Å². The van der Waals surface area contributed by atoms with Crippen molar-refractivity contribution in [1.29, 1.82) is 0 Å². The first-order valence-electron chi connectivity index (χ1n) is 7.01. The van der Waals surface area contributed by atoms with Gasteiger partial charge in [-0.05, 0) is 37.3 Å².